The molecule has 0 spiro atoms. The van der Waals surface area contributed by atoms with Gasteiger partial charge in [0, 0.05) is 44.2 Å². The highest BCUT2D eigenvalue weighted by Crippen LogP contribution is 2.20. The van der Waals surface area contributed by atoms with Crippen LogP contribution >= 0.6 is 0 Å². The Morgan fingerprint density at radius 3 is 2.41 bits per heavy atom. The van der Waals surface area contributed by atoms with E-state index in [1.54, 1.807) is 24.3 Å². The van der Waals surface area contributed by atoms with E-state index in [4.69, 9.17) is 0 Å². The van der Waals surface area contributed by atoms with Gasteiger partial charge in [0.2, 0.25) is 17.7 Å². The number of amides is 3. The minimum Gasteiger partial charge on any atom is -0.354 e. The molecule has 1 aromatic carbocycles. The van der Waals surface area contributed by atoms with Crippen molar-refractivity contribution in [3.05, 3.63) is 24.3 Å². The third-order valence-electron chi connectivity index (χ3n) is 2.87. The van der Waals surface area contributed by atoms with Crippen LogP contribution < -0.4 is 15.5 Å². The van der Waals surface area contributed by atoms with Gasteiger partial charge in [-0.1, -0.05) is 6.07 Å². The minimum absolute atomic E-state index is 0.0707. The molecule has 0 saturated carbocycles. The Hall–Kier alpha value is -2.37. The van der Waals surface area contributed by atoms with Gasteiger partial charge in [0.1, 0.15) is 0 Å². The van der Waals surface area contributed by atoms with Crippen molar-refractivity contribution in [2.24, 2.45) is 0 Å². The molecule has 0 atom stereocenters. The second kappa shape index (κ2) is 8.17. The summed E-state index contributed by atoms with van der Waals surface area (Å²) in [6.45, 7) is 6.93. The topological polar surface area (TPSA) is 78.5 Å². The van der Waals surface area contributed by atoms with Gasteiger partial charge in [-0.25, -0.2) is 0 Å². The first-order valence-electron chi connectivity index (χ1n) is 7.24. The highest BCUT2D eigenvalue weighted by Gasteiger charge is 2.14. The van der Waals surface area contributed by atoms with Crippen LogP contribution in [-0.4, -0.2) is 30.3 Å². The molecule has 0 aliphatic heterocycles. The van der Waals surface area contributed by atoms with Gasteiger partial charge in [0.15, 0.2) is 0 Å². The van der Waals surface area contributed by atoms with Gasteiger partial charge in [-0.15, -0.1) is 0 Å². The summed E-state index contributed by atoms with van der Waals surface area (Å²) in [4.78, 5) is 36.2. The second-order valence-corrected chi connectivity index (χ2v) is 5.37. The van der Waals surface area contributed by atoms with Crippen LogP contribution in [0.2, 0.25) is 0 Å². The number of hydrogen-bond donors (Lipinski definition) is 2. The summed E-state index contributed by atoms with van der Waals surface area (Å²) in [6, 6.07) is 7.05. The Morgan fingerprint density at radius 2 is 1.86 bits per heavy atom. The van der Waals surface area contributed by atoms with Crippen molar-refractivity contribution in [2.75, 3.05) is 16.8 Å². The molecule has 0 saturated heterocycles. The fourth-order valence-electron chi connectivity index (χ4n) is 2.03. The van der Waals surface area contributed by atoms with Crippen molar-refractivity contribution in [2.45, 2.75) is 40.2 Å². The number of carbonyl (C=O) groups excluding carboxylic acids is 3. The van der Waals surface area contributed by atoms with Gasteiger partial charge in [-0.2, -0.15) is 0 Å². The minimum atomic E-state index is -0.178. The van der Waals surface area contributed by atoms with Gasteiger partial charge in [-0.05, 0) is 32.0 Å². The van der Waals surface area contributed by atoms with Crippen LogP contribution in [0.1, 0.15) is 34.1 Å². The molecule has 0 aromatic heterocycles. The van der Waals surface area contributed by atoms with E-state index < -0.39 is 0 Å². The van der Waals surface area contributed by atoms with E-state index in [0.29, 0.717) is 11.4 Å². The van der Waals surface area contributed by atoms with Crippen molar-refractivity contribution < 1.29 is 14.4 Å². The highest BCUT2D eigenvalue weighted by atomic mass is 16.2. The molecule has 1 aromatic rings. The fourth-order valence-corrected chi connectivity index (χ4v) is 2.03. The first-order valence-corrected chi connectivity index (χ1v) is 7.24. The zero-order valence-corrected chi connectivity index (χ0v) is 13.5. The van der Waals surface area contributed by atoms with Crippen molar-refractivity contribution in [1.29, 1.82) is 0 Å². The van der Waals surface area contributed by atoms with E-state index in [2.05, 4.69) is 10.6 Å². The number of carbonyl (C=O) groups is 3. The highest BCUT2D eigenvalue weighted by molar-refractivity contribution is 5.94. The quantitative estimate of drug-likeness (QED) is 0.842. The first-order chi connectivity index (χ1) is 10.3. The van der Waals surface area contributed by atoms with E-state index in [1.165, 1.54) is 18.7 Å². The Bertz CT molecular complexity index is 555. The molecule has 2 N–H and O–H groups in total. The molecule has 0 aliphatic rings. The van der Waals surface area contributed by atoms with Crippen LogP contribution in [0.3, 0.4) is 0 Å². The maximum atomic E-state index is 11.8. The summed E-state index contributed by atoms with van der Waals surface area (Å²) in [6.07, 6.45) is 0.224. The molecule has 1 rings (SSSR count). The van der Waals surface area contributed by atoms with Crippen LogP contribution in [0.5, 0.6) is 0 Å². The molecule has 0 aliphatic carbocycles. The molecule has 0 heterocycles. The van der Waals surface area contributed by atoms with Crippen LogP contribution in [-0.2, 0) is 14.4 Å². The SMILES string of the molecule is CC(=O)Nc1cccc(N(CCC(=O)NC(C)C)C(C)=O)c1. The predicted octanol–water partition coefficient (Wildman–Crippen LogP) is 1.91. The largest absolute Gasteiger partial charge is 0.354 e. The maximum Gasteiger partial charge on any atom is 0.223 e. The smallest absolute Gasteiger partial charge is 0.223 e. The number of nitrogens with one attached hydrogen (secondary N) is 2. The number of rotatable bonds is 6. The lowest BCUT2D eigenvalue weighted by Gasteiger charge is -2.22. The average Bonchev–Trinajstić information content (AvgIpc) is 2.37. The normalized spacial score (nSPS) is 10.2. The molecule has 6 nitrogen and oxygen atoms in total. The number of benzene rings is 1. The van der Waals surface area contributed by atoms with Crippen molar-refractivity contribution >= 4 is 29.1 Å². The van der Waals surface area contributed by atoms with Gasteiger partial charge >= 0.3 is 0 Å². The molecule has 120 valence electrons. The Labute approximate surface area is 130 Å². The Kier molecular flexibility index (Phi) is 6.56. The van der Waals surface area contributed by atoms with Crippen LogP contribution in [0.4, 0.5) is 11.4 Å². The van der Waals surface area contributed by atoms with Crippen LogP contribution in [0.15, 0.2) is 24.3 Å². The zero-order chi connectivity index (χ0) is 16.7. The molecule has 0 fully saturated rings. The van der Waals surface area contributed by atoms with Crippen LogP contribution in [0.25, 0.3) is 0 Å². The van der Waals surface area contributed by atoms with Crippen molar-refractivity contribution in [3.63, 3.8) is 0 Å². The van der Waals surface area contributed by atoms with Gasteiger partial charge in [0.25, 0.3) is 0 Å². The van der Waals surface area contributed by atoms with E-state index >= 15 is 0 Å². The zero-order valence-electron chi connectivity index (χ0n) is 13.5. The predicted molar refractivity (Wildman–Crippen MR) is 86.7 cm³/mol. The summed E-state index contributed by atoms with van der Waals surface area (Å²) in [7, 11) is 0. The van der Waals surface area contributed by atoms with Crippen molar-refractivity contribution in [1.82, 2.24) is 5.32 Å². The van der Waals surface area contributed by atoms with E-state index in [1.807, 2.05) is 13.8 Å². The van der Waals surface area contributed by atoms with E-state index in [-0.39, 0.29) is 36.7 Å². The lowest BCUT2D eigenvalue weighted by Crippen LogP contribution is -2.36. The molecular weight excluding hydrogens is 282 g/mol. The molecule has 6 heteroatoms. The Balaban J connectivity index is 2.80. The van der Waals surface area contributed by atoms with Gasteiger partial charge in [0.05, 0.1) is 0 Å². The van der Waals surface area contributed by atoms with Crippen molar-refractivity contribution in [3.8, 4) is 0 Å². The van der Waals surface area contributed by atoms with Crippen LogP contribution in [0, 0.1) is 0 Å². The number of hydrogen-bond acceptors (Lipinski definition) is 3. The van der Waals surface area contributed by atoms with E-state index in [9.17, 15) is 14.4 Å². The third-order valence-corrected chi connectivity index (χ3v) is 2.87. The first kappa shape index (κ1) is 17.7. The molecule has 22 heavy (non-hydrogen) atoms. The lowest BCUT2D eigenvalue weighted by atomic mass is 10.2. The lowest BCUT2D eigenvalue weighted by molar-refractivity contribution is -0.121. The summed E-state index contributed by atoms with van der Waals surface area (Å²) in [5.74, 6) is -0.431. The number of nitrogens with zero attached hydrogens (tertiary/aromatic N) is 1. The summed E-state index contributed by atoms with van der Waals surface area (Å²) in [5.41, 5.74) is 1.26. The average molecular weight is 305 g/mol. The Morgan fingerprint density at radius 1 is 1.18 bits per heavy atom. The van der Waals surface area contributed by atoms with E-state index in [0.717, 1.165) is 0 Å². The summed E-state index contributed by atoms with van der Waals surface area (Å²) >= 11 is 0. The monoisotopic (exact) mass is 305 g/mol. The molecule has 0 unspecified atom stereocenters. The third kappa shape index (κ3) is 5.95. The standard InChI is InChI=1S/C16H23N3O3/c1-11(2)17-16(22)8-9-19(13(4)21)15-7-5-6-14(10-15)18-12(3)20/h5-7,10-11H,8-9H2,1-4H3,(H,17,22)(H,18,20). The van der Waals surface area contributed by atoms with Gasteiger partial charge < -0.3 is 15.5 Å². The van der Waals surface area contributed by atoms with Gasteiger partial charge in [-0.3, -0.25) is 14.4 Å². The molecule has 0 radical (unpaired) electrons. The number of anilines is 2. The summed E-state index contributed by atoms with van der Waals surface area (Å²) in [5, 5.41) is 5.47. The molecular formula is C16H23N3O3. The maximum absolute atomic E-state index is 11.8. The fraction of sp³-hybridized carbons (Fsp3) is 0.438. The second-order valence-electron chi connectivity index (χ2n) is 5.37. The molecule has 0 bridgehead atoms. The summed E-state index contributed by atoms with van der Waals surface area (Å²) < 4.78 is 0. The molecule has 3 amide bonds.